The molecule has 0 aromatic rings. The van der Waals surface area contributed by atoms with Gasteiger partial charge >= 0.3 is 0 Å². The second kappa shape index (κ2) is 2.88. The Balaban J connectivity index is 3.76. The SMILES string of the molecule is C=[C-]C(O)(CC)CC. The molecule has 0 radical (unpaired) electrons. The maximum absolute atomic E-state index is 9.26. The van der Waals surface area contributed by atoms with E-state index in [9.17, 15) is 5.11 Å². The van der Waals surface area contributed by atoms with E-state index < -0.39 is 5.60 Å². The highest BCUT2D eigenvalue weighted by Gasteiger charge is 2.03. The van der Waals surface area contributed by atoms with Crippen LogP contribution < -0.4 is 0 Å². The monoisotopic (exact) mass is 113 g/mol. The number of hydrogen-bond acceptors (Lipinski definition) is 1. The van der Waals surface area contributed by atoms with Crippen molar-refractivity contribution in [2.75, 3.05) is 0 Å². The summed E-state index contributed by atoms with van der Waals surface area (Å²) in [5.74, 6) is 0. The standard InChI is InChI=1S/C7H13O/c1-4-7(8,5-2)6-3/h8H,1,5-6H2,2-3H3/q-1. The van der Waals surface area contributed by atoms with Gasteiger partial charge in [-0.2, -0.15) is 0 Å². The van der Waals surface area contributed by atoms with Gasteiger partial charge in [0.1, 0.15) is 0 Å². The van der Waals surface area contributed by atoms with Gasteiger partial charge in [0, 0.05) is 0 Å². The summed E-state index contributed by atoms with van der Waals surface area (Å²) in [4.78, 5) is 0. The van der Waals surface area contributed by atoms with Crippen LogP contribution in [0.1, 0.15) is 26.7 Å². The summed E-state index contributed by atoms with van der Waals surface area (Å²) in [6.45, 7) is 7.24. The topological polar surface area (TPSA) is 20.2 Å². The van der Waals surface area contributed by atoms with Crippen molar-refractivity contribution in [2.24, 2.45) is 0 Å². The second-order valence-corrected chi connectivity index (χ2v) is 1.92. The number of aliphatic hydroxyl groups is 1. The third kappa shape index (κ3) is 1.66. The summed E-state index contributed by atoms with van der Waals surface area (Å²) < 4.78 is 0. The van der Waals surface area contributed by atoms with Crippen LogP contribution in [0.2, 0.25) is 0 Å². The third-order valence-corrected chi connectivity index (χ3v) is 1.50. The molecule has 0 fully saturated rings. The molecule has 0 amide bonds. The Morgan fingerprint density at radius 3 is 1.88 bits per heavy atom. The van der Waals surface area contributed by atoms with Crippen LogP contribution in [-0.4, -0.2) is 10.7 Å². The van der Waals surface area contributed by atoms with E-state index in [0.29, 0.717) is 12.8 Å². The quantitative estimate of drug-likeness (QED) is 0.550. The molecule has 1 nitrogen and oxygen atoms in total. The first-order chi connectivity index (χ1) is 3.68. The van der Waals surface area contributed by atoms with E-state index in [1.54, 1.807) is 0 Å². The van der Waals surface area contributed by atoms with Crippen molar-refractivity contribution in [3.63, 3.8) is 0 Å². The van der Waals surface area contributed by atoms with Crippen LogP contribution in [0.5, 0.6) is 0 Å². The first-order valence-electron chi connectivity index (χ1n) is 2.95. The Labute approximate surface area is 51.0 Å². The lowest BCUT2D eigenvalue weighted by atomic mass is 9.98. The lowest BCUT2D eigenvalue weighted by molar-refractivity contribution is 0.0754. The van der Waals surface area contributed by atoms with Crippen LogP contribution in [0, 0.1) is 6.08 Å². The third-order valence-electron chi connectivity index (χ3n) is 1.50. The normalized spacial score (nSPS) is 11.4. The highest BCUT2D eigenvalue weighted by molar-refractivity contribution is 4.85. The molecule has 8 heavy (non-hydrogen) atoms. The molecule has 1 N–H and O–H groups in total. The van der Waals surface area contributed by atoms with E-state index in [0.717, 1.165) is 0 Å². The minimum atomic E-state index is -0.736. The highest BCUT2D eigenvalue weighted by Crippen LogP contribution is 2.13. The highest BCUT2D eigenvalue weighted by atomic mass is 16.3. The van der Waals surface area contributed by atoms with Crippen molar-refractivity contribution in [2.45, 2.75) is 32.3 Å². The van der Waals surface area contributed by atoms with Crippen LogP contribution >= 0.6 is 0 Å². The van der Waals surface area contributed by atoms with Crippen molar-refractivity contribution < 1.29 is 5.11 Å². The predicted molar refractivity (Wildman–Crippen MR) is 34.4 cm³/mol. The van der Waals surface area contributed by atoms with Crippen molar-refractivity contribution in [1.29, 1.82) is 0 Å². The van der Waals surface area contributed by atoms with Gasteiger partial charge in [-0.25, -0.2) is 0 Å². The van der Waals surface area contributed by atoms with Gasteiger partial charge in [-0.15, -0.1) is 0 Å². The minimum Gasteiger partial charge on any atom is -0.471 e. The van der Waals surface area contributed by atoms with Crippen LogP contribution in [0.25, 0.3) is 0 Å². The van der Waals surface area contributed by atoms with Gasteiger partial charge in [-0.05, 0) is 0 Å². The summed E-state index contributed by atoms with van der Waals surface area (Å²) in [7, 11) is 0. The van der Waals surface area contributed by atoms with Gasteiger partial charge < -0.3 is 11.2 Å². The molecule has 0 aromatic carbocycles. The maximum Gasteiger partial charge on any atom is -0.0547 e. The Hall–Kier alpha value is -0.300. The molecule has 0 spiro atoms. The molecular formula is C7H13O-. The molecule has 48 valence electrons. The van der Waals surface area contributed by atoms with Crippen molar-refractivity contribution in [1.82, 2.24) is 0 Å². The van der Waals surface area contributed by atoms with Crippen molar-refractivity contribution in [3.8, 4) is 0 Å². The largest absolute Gasteiger partial charge is 0.471 e. The van der Waals surface area contributed by atoms with Gasteiger partial charge in [-0.1, -0.05) is 32.3 Å². The van der Waals surface area contributed by atoms with E-state index in [1.807, 2.05) is 13.8 Å². The van der Waals surface area contributed by atoms with Crippen molar-refractivity contribution in [3.05, 3.63) is 12.7 Å². The van der Waals surface area contributed by atoms with Gasteiger partial charge in [-0.3, -0.25) is 6.58 Å². The molecule has 0 bridgehead atoms. The molecule has 0 atom stereocenters. The first-order valence-corrected chi connectivity index (χ1v) is 2.95. The van der Waals surface area contributed by atoms with E-state index in [2.05, 4.69) is 12.7 Å². The summed E-state index contributed by atoms with van der Waals surface area (Å²) in [6.07, 6.45) is 3.99. The van der Waals surface area contributed by atoms with E-state index in [1.165, 1.54) is 0 Å². The summed E-state index contributed by atoms with van der Waals surface area (Å²) in [6, 6.07) is 0. The number of hydrogen-bond donors (Lipinski definition) is 1. The lowest BCUT2D eigenvalue weighted by Crippen LogP contribution is -2.22. The van der Waals surface area contributed by atoms with Gasteiger partial charge in [0.2, 0.25) is 0 Å². The van der Waals surface area contributed by atoms with E-state index >= 15 is 0 Å². The Morgan fingerprint density at radius 1 is 1.50 bits per heavy atom. The summed E-state index contributed by atoms with van der Waals surface area (Å²) in [5, 5.41) is 9.26. The van der Waals surface area contributed by atoms with Crippen LogP contribution in [0.15, 0.2) is 6.58 Å². The van der Waals surface area contributed by atoms with Crippen LogP contribution in [-0.2, 0) is 0 Å². The average Bonchev–Trinajstić information content (AvgIpc) is 1.87. The molecule has 1 heteroatoms. The van der Waals surface area contributed by atoms with E-state index in [-0.39, 0.29) is 0 Å². The zero-order valence-electron chi connectivity index (χ0n) is 5.57. The molecular weight excluding hydrogens is 100 g/mol. The van der Waals surface area contributed by atoms with Gasteiger partial charge in [0.05, 0.1) is 0 Å². The van der Waals surface area contributed by atoms with Crippen LogP contribution in [0.3, 0.4) is 0 Å². The van der Waals surface area contributed by atoms with Crippen molar-refractivity contribution >= 4 is 0 Å². The zero-order valence-corrected chi connectivity index (χ0v) is 5.57. The van der Waals surface area contributed by atoms with Gasteiger partial charge in [0.25, 0.3) is 0 Å². The molecule has 0 aromatic heterocycles. The molecule has 0 aliphatic rings. The minimum absolute atomic E-state index is 0.701. The fraction of sp³-hybridized carbons (Fsp3) is 0.714. The molecule has 0 aliphatic carbocycles. The summed E-state index contributed by atoms with van der Waals surface area (Å²) >= 11 is 0. The second-order valence-electron chi connectivity index (χ2n) is 1.92. The van der Waals surface area contributed by atoms with E-state index in [4.69, 9.17) is 0 Å². The molecule has 0 unspecified atom stereocenters. The van der Waals surface area contributed by atoms with Gasteiger partial charge in [0.15, 0.2) is 0 Å². The Kier molecular flexibility index (Phi) is 2.77. The smallest absolute Gasteiger partial charge is 0.0547 e. The summed E-state index contributed by atoms with van der Waals surface area (Å²) in [5.41, 5.74) is -0.736. The first kappa shape index (κ1) is 7.70. The predicted octanol–water partition coefficient (Wildman–Crippen LogP) is 1.53. The molecule has 0 saturated carbocycles. The molecule has 0 aliphatic heterocycles. The maximum atomic E-state index is 9.26. The average molecular weight is 113 g/mol. The Bertz CT molecular complexity index is 72.5. The molecule has 0 saturated heterocycles. The fourth-order valence-corrected chi connectivity index (χ4v) is 0.500. The lowest BCUT2D eigenvalue weighted by Gasteiger charge is -2.32. The molecule has 0 heterocycles. The van der Waals surface area contributed by atoms with Crippen LogP contribution in [0.4, 0.5) is 0 Å². The Morgan fingerprint density at radius 2 is 1.88 bits per heavy atom. The molecule has 0 rings (SSSR count). The number of rotatable bonds is 3. The zero-order chi connectivity index (χ0) is 6.62. The fourth-order valence-electron chi connectivity index (χ4n) is 0.500.